The van der Waals surface area contributed by atoms with Crippen LogP contribution in [-0.2, 0) is 14.3 Å². The van der Waals surface area contributed by atoms with Gasteiger partial charge in [-0.15, -0.1) is 0 Å². The molecule has 1 N–H and O–H groups in total. The molecule has 1 amide bonds. The predicted molar refractivity (Wildman–Crippen MR) is 92.3 cm³/mol. The van der Waals surface area contributed by atoms with Crippen molar-refractivity contribution < 1.29 is 19.1 Å². The van der Waals surface area contributed by atoms with Gasteiger partial charge in [0.05, 0.1) is 11.3 Å². The third-order valence-corrected chi connectivity index (χ3v) is 3.38. The maximum atomic E-state index is 11.9. The number of hydrogen-bond donors (Lipinski definition) is 1. The Kier molecular flexibility index (Phi) is 6.38. The molecule has 2 rings (SSSR count). The molecule has 0 spiro atoms. The molecular formula is C18H15ClN2O4. The number of nitriles is 1. The minimum atomic E-state index is -0.889. The second-order valence-electron chi connectivity index (χ2n) is 5.03. The lowest BCUT2D eigenvalue weighted by molar-refractivity contribution is -0.153. The van der Waals surface area contributed by atoms with Gasteiger partial charge in [0, 0.05) is 5.02 Å². The average Bonchev–Trinajstić information content (AvgIpc) is 2.62. The number of nitrogens with one attached hydrogen (secondary N) is 1. The number of amides is 1. The summed E-state index contributed by atoms with van der Waals surface area (Å²) in [4.78, 5) is 23.7. The first-order chi connectivity index (χ1) is 12.0. The van der Waals surface area contributed by atoms with Crippen LogP contribution in [0.5, 0.6) is 5.75 Å². The Morgan fingerprint density at radius 3 is 2.56 bits per heavy atom. The van der Waals surface area contributed by atoms with Crippen molar-refractivity contribution in [2.75, 3.05) is 11.9 Å². The standard InChI is InChI=1S/C18H15ClN2O4/c1-12(25-15-8-6-14(19)7-9-15)18(23)24-11-17(22)21-16-5-3-2-4-13(16)10-20/h2-9,12H,11H2,1H3,(H,21,22)/t12-/m0/s1. The van der Waals surface area contributed by atoms with Crippen molar-refractivity contribution in [2.24, 2.45) is 0 Å². The molecule has 2 aromatic rings. The van der Waals surface area contributed by atoms with E-state index in [1.165, 1.54) is 6.92 Å². The summed E-state index contributed by atoms with van der Waals surface area (Å²) in [6, 6.07) is 15.0. The lowest BCUT2D eigenvalue weighted by Gasteiger charge is -2.14. The molecule has 0 bridgehead atoms. The molecule has 0 aromatic heterocycles. The third kappa shape index (κ3) is 5.52. The van der Waals surface area contributed by atoms with Crippen LogP contribution >= 0.6 is 11.6 Å². The van der Waals surface area contributed by atoms with Gasteiger partial charge in [0.15, 0.2) is 12.7 Å². The van der Waals surface area contributed by atoms with E-state index in [-0.39, 0.29) is 0 Å². The first-order valence-electron chi connectivity index (χ1n) is 7.37. The third-order valence-electron chi connectivity index (χ3n) is 3.13. The van der Waals surface area contributed by atoms with Crippen LogP contribution in [0.4, 0.5) is 5.69 Å². The summed E-state index contributed by atoms with van der Waals surface area (Å²) in [6.07, 6.45) is -0.889. The summed E-state index contributed by atoms with van der Waals surface area (Å²) < 4.78 is 10.3. The summed E-state index contributed by atoms with van der Waals surface area (Å²) in [7, 11) is 0. The van der Waals surface area contributed by atoms with Gasteiger partial charge in [0.2, 0.25) is 0 Å². The number of rotatable bonds is 6. The molecule has 2 aromatic carbocycles. The van der Waals surface area contributed by atoms with Crippen molar-refractivity contribution in [3.8, 4) is 11.8 Å². The summed E-state index contributed by atoms with van der Waals surface area (Å²) in [5, 5.41) is 12.0. The zero-order valence-electron chi connectivity index (χ0n) is 13.4. The fraction of sp³-hybridized carbons (Fsp3) is 0.167. The SMILES string of the molecule is C[C@H](Oc1ccc(Cl)cc1)C(=O)OCC(=O)Nc1ccccc1C#N. The van der Waals surface area contributed by atoms with Crippen molar-refractivity contribution >= 4 is 29.2 Å². The molecule has 0 saturated heterocycles. The first kappa shape index (κ1) is 18.3. The molecule has 0 radical (unpaired) electrons. The molecule has 0 heterocycles. The molecule has 7 heteroatoms. The Hall–Kier alpha value is -3.04. The van der Waals surface area contributed by atoms with Crippen LogP contribution in [0.15, 0.2) is 48.5 Å². The smallest absolute Gasteiger partial charge is 0.347 e. The van der Waals surface area contributed by atoms with Gasteiger partial charge in [-0.3, -0.25) is 4.79 Å². The van der Waals surface area contributed by atoms with Crippen molar-refractivity contribution in [1.29, 1.82) is 5.26 Å². The highest BCUT2D eigenvalue weighted by atomic mass is 35.5. The second kappa shape index (κ2) is 8.71. The molecule has 0 aliphatic carbocycles. The minimum absolute atomic E-state index is 0.321. The number of hydrogen-bond acceptors (Lipinski definition) is 5. The van der Waals surface area contributed by atoms with Gasteiger partial charge in [0.25, 0.3) is 5.91 Å². The Morgan fingerprint density at radius 2 is 1.88 bits per heavy atom. The zero-order valence-corrected chi connectivity index (χ0v) is 14.1. The van der Waals surface area contributed by atoms with Crippen molar-refractivity contribution in [2.45, 2.75) is 13.0 Å². The number of ether oxygens (including phenoxy) is 2. The average molecular weight is 359 g/mol. The van der Waals surface area contributed by atoms with Gasteiger partial charge in [0.1, 0.15) is 11.8 Å². The number of anilines is 1. The fourth-order valence-corrected chi connectivity index (χ4v) is 2.02. The molecule has 0 aliphatic rings. The summed E-state index contributed by atoms with van der Waals surface area (Å²) in [5.41, 5.74) is 0.679. The number of carbonyl (C=O) groups excluding carboxylic acids is 2. The molecule has 0 saturated carbocycles. The highest BCUT2D eigenvalue weighted by molar-refractivity contribution is 6.30. The highest BCUT2D eigenvalue weighted by Gasteiger charge is 2.18. The largest absolute Gasteiger partial charge is 0.479 e. The molecule has 6 nitrogen and oxygen atoms in total. The minimum Gasteiger partial charge on any atom is -0.479 e. The summed E-state index contributed by atoms with van der Waals surface area (Å²) in [5.74, 6) is -0.769. The van der Waals surface area contributed by atoms with Gasteiger partial charge in [-0.25, -0.2) is 4.79 Å². The predicted octanol–water partition coefficient (Wildman–Crippen LogP) is 3.16. The van der Waals surface area contributed by atoms with Crippen molar-refractivity contribution in [3.63, 3.8) is 0 Å². The van der Waals surface area contributed by atoms with Crippen molar-refractivity contribution in [1.82, 2.24) is 0 Å². The molecule has 0 fully saturated rings. The second-order valence-corrected chi connectivity index (χ2v) is 5.46. The van der Waals surface area contributed by atoms with Gasteiger partial charge < -0.3 is 14.8 Å². The van der Waals surface area contributed by atoms with Crippen LogP contribution < -0.4 is 10.1 Å². The Labute approximate surface area is 149 Å². The topological polar surface area (TPSA) is 88.4 Å². The first-order valence-corrected chi connectivity index (χ1v) is 7.75. The Balaban J connectivity index is 1.83. The Bertz CT molecular complexity index is 799. The normalized spacial score (nSPS) is 11.1. The van der Waals surface area contributed by atoms with Gasteiger partial charge >= 0.3 is 5.97 Å². The van der Waals surface area contributed by atoms with E-state index >= 15 is 0 Å². The number of benzene rings is 2. The number of halogens is 1. The van der Waals surface area contributed by atoms with Crippen LogP contribution in [0, 0.1) is 11.3 Å². The van der Waals surface area contributed by atoms with E-state index in [0.717, 1.165) is 0 Å². The Morgan fingerprint density at radius 1 is 1.20 bits per heavy atom. The number of esters is 1. The van der Waals surface area contributed by atoms with E-state index in [0.29, 0.717) is 22.0 Å². The number of para-hydroxylation sites is 1. The number of nitrogens with zero attached hydrogens (tertiary/aromatic N) is 1. The maximum Gasteiger partial charge on any atom is 0.347 e. The van der Waals surface area contributed by atoms with Crippen LogP contribution in [0.2, 0.25) is 5.02 Å². The molecule has 1 atom stereocenters. The van der Waals surface area contributed by atoms with E-state index in [1.54, 1.807) is 48.5 Å². The van der Waals surface area contributed by atoms with Gasteiger partial charge in [-0.2, -0.15) is 5.26 Å². The van der Waals surface area contributed by atoms with E-state index in [9.17, 15) is 9.59 Å². The van der Waals surface area contributed by atoms with Crippen LogP contribution in [0.3, 0.4) is 0 Å². The monoisotopic (exact) mass is 358 g/mol. The zero-order chi connectivity index (χ0) is 18.2. The molecule has 25 heavy (non-hydrogen) atoms. The van der Waals surface area contributed by atoms with E-state index in [1.807, 2.05) is 6.07 Å². The molecular weight excluding hydrogens is 344 g/mol. The molecule has 0 unspecified atom stereocenters. The molecule has 0 aliphatic heterocycles. The highest BCUT2D eigenvalue weighted by Crippen LogP contribution is 2.17. The van der Waals surface area contributed by atoms with E-state index in [2.05, 4.69) is 5.32 Å². The number of carbonyl (C=O) groups is 2. The van der Waals surface area contributed by atoms with Gasteiger partial charge in [-0.1, -0.05) is 23.7 Å². The summed E-state index contributed by atoms with van der Waals surface area (Å²) in [6.45, 7) is 1.03. The van der Waals surface area contributed by atoms with Gasteiger partial charge in [-0.05, 0) is 43.3 Å². The van der Waals surface area contributed by atoms with Crippen LogP contribution in [0.25, 0.3) is 0 Å². The lowest BCUT2D eigenvalue weighted by Crippen LogP contribution is -2.29. The molecule has 128 valence electrons. The van der Waals surface area contributed by atoms with Crippen LogP contribution in [-0.4, -0.2) is 24.6 Å². The van der Waals surface area contributed by atoms with E-state index < -0.39 is 24.6 Å². The quantitative estimate of drug-likeness (QED) is 0.801. The van der Waals surface area contributed by atoms with E-state index in [4.69, 9.17) is 26.3 Å². The lowest BCUT2D eigenvalue weighted by atomic mass is 10.2. The maximum absolute atomic E-state index is 11.9. The summed E-state index contributed by atoms with van der Waals surface area (Å²) >= 11 is 5.77. The fourth-order valence-electron chi connectivity index (χ4n) is 1.90. The van der Waals surface area contributed by atoms with Crippen molar-refractivity contribution in [3.05, 3.63) is 59.1 Å². The van der Waals surface area contributed by atoms with Crippen LogP contribution in [0.1, 0.15) is 12.5 Å².